The molecular weight excluding hydrogens is 298 g/mol. The highest BCUT2D eigenvalue weighted by atomic mass is 35.5. The first-order chi connectivity index (χ1) is 10.1. The topological polar surface area (TPSA) is 35.6 Å². The second kappa shape index (κ2) is 9.74. The number of halogens is 1. The zero-order valence-corrected chi connectivity index (χ0v) is 15.3. The first-order valence-corrected chi connectivity index (χ1v) is 8.72. The maximum atomic E-state index is 12.5. The van der Waals surface area contributed by atoms with E-state index in [1.165, 1.54) is 38.5 Å². The quantitative estimate of drug-likeness (QED) is 0.840. The van der Waals surface area contributed by atoms with E-state index in [0.29, 0.717) is 18.5 Å². The van der Waals surface area contributed by atoms with E-state index in [1.807, 2.05) is 19.0 Å². The summed E-state index contributed by atoms with van der Waals surface area (Å²) < 4.78 is 0. The lowest BCUT2D eigenvalue weighted by Crippen LogP contribution is -2.46. The van der Waals surface area contributed by atoms with E-state index >= 15 is 0 Å². The number of likely N-dealkylation sites (N-methyl/N-ethyl adjacent to an activating group) is 1. The number of nitrogens with zero attached hydrogens (tertiary/aromatic N) is 2. The smallest absolute Gasteiger partial charge is 0.236 e. The molecule has 1 N–H and O–H groups in total. The third kappa shape index (κ3) is 5.71. The molecular formula is C17H34ClN3O. The van der Waals surface area contributed by atoms with Gasteiger partial charge in [-0.1, -0.05) is 6.92 Å². The summed E-state index contributed by atoms with van der Waals surface area (Å²) in [5.41, 5.74) is 0. The number of nitrogens with one attached hydrogen (secondary N) is 1. The Morgan fingerprint density at radius 3 is 2.27 bits per heavy atom. The van der Waals surface area contributed by atoms with E-state index in [4.69, 9.17) is 0 Å². The van der Waals surface area contributed by atoms with Crippen molar-refractivity contribution in [2.45, 2.75) is 51.5 Å². The summed E-state index contributed by atoms with van der Waals surface area (Å²) in [5, 5.41) is 3.26. The van der Waals surface area contributed by atoms with Crippen molar-refractivity contribution in [3.05, 3.63) is 0 Å². The Morgan fingerprint density at radius 2 is 1.73 bits per heavy atom. The molecule has 130 valence electrons. The number of hydrogen-bond donors (Lipinski definition) is 1. The molecule has 1 aliphatic heterocycles. The maximum Gasteiger partial charge on any atom is 0.236 e. The normalized spacial score (nSPS) is 27.2. The molecule has 1 saturated heterocycles. The van der Waals surface area contributed by atoms with Gasteiger partial charge >= 0.3 is 0 Å². The Morgan fingerprint density at radius 1 is 1.14 bits per heavy atom. The Balaban J connectivity index is 0.00000242. The van der Waals surface area contributed by atoms with Crippen molar-refractivity contribution in [2.24, 2.45) is 11.8 Å². The molecule has 1 heterocycles. The number of likely N-dealkylation sites (tertiary alicyclic amines) is 1. The Labute approximate surface area is 142 Å². The molecule has 0 atom stereocenters. The first-order valence-electron chi connectivity index (χ1n) is 8.72. The third-order valence-electron chi connectivity index (χ3n) is 5.49. The Hall–Kier alpha value is -0.320. The summed E-state index contributed by atoms with van der Waals surface area (Å²) in [5.74, 6) is 1.96. The molecule has 0 spiro atoms. The molecule has 1 amide bonds. The largest absolute Gasteiger partial charge is 0.342 e. The Kier molecular flexibility index (Phi) is 8.73. The summed E-state index contributed by atoms with van der Waals surface area (Å²) in [7, 11) is 4.03. The highest BCUT2D eigenvalue weighted by molar-refractivity contribution is 5.85. The van der Waals surface area contributed by atoms with Crippen LogP contribution in [0.4, 0.5) is 0 Å². The summed E-state index contributed by atoms with van der Waals surface area (Å²) in [4.78, 5) is 16.8. The van der Waals surface area contributed by atoms with Gasteiger partial charge < -0.3 is 10.2 Å². The SMILES string of the molecule is CNCC1CCN(CC(=O)N(C)C2CCC(C)CC2)CC1.Cl. The molecule has 22 heavy (non-hydrogen) atoms. The van der Waals surface area contributed by atoms with Crippen LogP contribution in [0.5, 0.6) is 0 Å². The minimum Gasteiger partial charge on any atom is -0.342 e. The van der Waals surface area contributed by atoms with Gasteiger partial charge in [0.1, 0.15) is 0 Å². The van der Waals surface area contributed by atoms with E-state index in [-0.39, 0.29) is 12.4 Å². The van der Waals surface area contributed by atoms with Gasteiger partial charge in [-0.05, 0) is 77.0 Å². The molecule has 2 aliphatic rings. The van der Waals surface area contributed by atoms with Gasteiger partial charge in [0.2, 0.25) is 5.91 Å². The average Bonchev–Trinajstić information content (AvgIpc) is 2.49. The fraction of sp³-hybridized carbons (Fsp3) is 0.941. The van der Waals surface area contributed by atoms with Gasteiger partial charge in [0.15, 0.2) is 0 Å². The van der Waals surface area contributed by atoms with Gasteiger partial charge in [0.05, 0.1) is 6.54 Å². The predicted octanol–water partition coefficient (Wildman–Crippen LogP) is 2.38. The maximum absolute atomic E-state index is 12.5. The summed E-state index contributed by atoms with van der Waals surface area (Å²) in [6, 6.07) is 0.482. The van der Waals surface area contributed by atoms with Gasteiger partial charge in [0.25, 0.3) is 0 Å². The first kappa shape index (κ1) is 19.7. The molecule has 1 aliphatic carbocycles. The van der Waals surface area contributed by atoms with E-state index < -0.39 is 0 Å². The molecule has 0 aromatic heterocycles. The van der Waals surface area contributed by atoms with Crippen LogP contribution in [0.3, 0.4) is 0 Å². The van der Waals surface area contributed by atoms with Crippen LogP contribution in [0, 0.1) is 11.8 Å². The number of hydrogen-bond acceptors (Lipinski definition) is 3. The monoisotopic (exact) mass is 331 g/mol. The summed E-state index contributed by atoms with van der Waals surface area (Å²) in [6.45, 7) is 6.21. The zero-order valence-electron chi connectivity index (χ0n) is 14.5. The standard InChI is InChI=1S/C17H33N3O.ClH/c1-14-4-6-16(7-5-14)19(3)17(21)13-20-10-8-15(9-11-20)12-18-2;/h14-16,18H,4-13H2,1-3H3;1H. The van der Waals surface area contributed by atoms with Crippen LogP contribution in [0.1, 0.15) is 45.4 Å². The lowest BCUT2D eigenvalue weighted by atomic mass is 9.87. The molecule has 0 aromatic rings. The molecule has 4 nitrogen and oxygen atoms in total. The van der Waals surface area contributed by atoms with Crippen LogP contribution in [0.25, 0.3) is 0 Å². The second-order valence-electron chi connectivity index (χ2n) is 7.20. The van der Waals surface area contributed by atoms with Crippen LogP contribution in [0.15, 0.2) is 0 Å². The number of carbonyl (C=O) groups is 1. The lowest BCUT2D eigenvalue weighted by Gasteiger charge is -2.36. The molecule has 0 unspecified atom stereocenters. The van der Waals surface area contributed by atoms with Crippen molar-refractivity contribution in [2.75, 3.05) is 40.3 Å². The molecule has 2 fully saturated rings. The fourth-order valence-corrected chi connectivity index (χ4v) is 3.77. The number of amides is 1. The summed E-state index contributed by atoms with van der Waals surface area (Å²) >= 11 is 0. The van der Waals surface area contributed by atoms with Gasteiger partial charge in [-0.15, -0.1) is 12.4 Å². The average molecular weight is 332 g/mol. The zero-order chi connectivity index (χ0) is 15.2. The molecule has 0 aromatic carbocycles. The minimum absolute atomic E-state index is 0. The van der Waals surface area contributed by atoms with E-state index in [1.54, 1.807) is 0 Å². The Bertz CT molecular complexity index is 324. The lowest BCUT2D eigenvalue weighted by molar-refractivity contribution is -0.134. The van der Waals surface area contributed by atoms with Crippen LogP contribution in [0.2, 0.25) is 0 Å². The molecule has 0 bridgehead atoms. The highest BCUT2D eigenvalue weighted by Gasteiger charge is 2.27. The van der Waals surface area contributed by atoms with Crippen LogP contribution in [-0.4, -0.2) is 62.0 Å². The molecule has 1 saturated carbocycles. The van der Waals surface area contributed by atoms with Crippen molar-refractivity contribution in [1.82, 2.24) is 15.1 Å². The molecule has 0 radical (unpaired) electrons. The molecule has 5 heteroatoms. The predicted molar refractivity (Wildman–Crippen MR) is 94.5 cm³/mol. The summed E-state index contributed by atoms with van der Waals surface area (Å²) in [6.07, 6.45) is 7.37. The van der Waals surface area contributed by atoms with Gasteiger partial charge in [0, 0.05) is 13.1 Å². The van der Waals surface area contributed by atoms with Crippen molar-refractivity contribution in [3.8, 4) is 0 Å². The van der Waals surface area contributed by atoms with Crippen LogP contribution >= 0.6 is 12.4 Å². The van der Waals surface area contributed by atoms with Crippen LogP contribution < -0.4 is 5.32 Å². The van der Waals surface area contributed by atoms with Crippen molar-refractivity contribution in [1.29, 1.82) is 0 Å². The molecule has 2 rings (SSSR count). The highest BCUT2D eigenvalue weighted by Crippen LogP contribution is 2.26. The van der Waals surface area contributed by atoms with E-state index in [9.17, 15) is 4.79 Å². The number of rotatable bonds is 5. The van der Waals surface area contributed by atoms with Gasteiger partial charge in [-0.3, -0.25) is 9.69 Å². The second-order valence-corrected chi connectivity index (χ2v) is 7.20. The van der Waals surface area contributed by atoms with Gasteiger partial charge in [-0.25, -0.2) is 0 Å². The van der Waals surface area contributed by atoms with E-state index in [2.05, 4.69) is 17.1 Å². The number of piperidine rings is 1. The van der Waals surface area contributed by atoms with Crippen molar-refractivity contribution >= 4 is 18.3 Å². The van der Waals surface area contributed by atoms with E-state index in [0.717, 1.165) is 31.5 Å². The van der Waals surface area contributed by atoms with Crippen molar-refractivity contribution < 1.29 is 4.79 Å². The van der Waals surface area contributed by atoms with Gasteiger partial charge in [-0.2, -0.15) is 0 Å². The fourth-order valence-electron chi connectivity index (χ4n) is 3.77. The number of carbonyl (C=O) groups excluding carboxylic acids is 1. The minimum atomic E-state index is 0. The van der Waals surface area contributed by atoms with Crippen molar-refractivity contribution in [3.63, 3.8) is 0 Å². The third-order valence-corrected chi connectivity index (χ3v) is 5.49. The van der Waals surface area contributed by atoms with Crippen LogP contribution in [-0.2, 0) is 4.79 Å².